The summed E-state index contributed by atoms with van der Waals surface area (Å²) in [7, 11) is 0. The van der Waals surface area contributed by atoms with Gasteiger partial charge < -0.3 is 15.0 Å². The van der Waals surface area contributed by atoms with Gasteiger partial charge in [-0.2, -0.15) is 5.11 Å². The quantitative estimate of drug-likeness (QED) is 0.729. The van der Waals surface area contributed by atoms with E-state index in [4.69, 9.17) is 4.74 Å². The largest absolute Gasteiger partial charge is 0.466 e. The maximum absolute atomic E-state index is 12.3. The van der Waals surface area contributed by atoms with E-state index in [0.29, 0.717) is 43.7 Å². The van der Waals surface area contributed by atoms with Crippen molar-refractivity contribution in [2.45, 2.75) is 32.2 Å². The number of amides is 3. The van der Waals surface area contributed by atoms with E-state index in [1.165, 1.54) is 0 Å². The number of carbonyl (C=O) groups is 4. The minimum atomic E-state index is -0.542. The molecule has 1 aromatic carbocycles. The van der Waals surface area contributed by atoms with Crippen LogP contribution in [0.4, 0.5) is 0 Å². The molecule has 0 saturated carbocycles. The molecule has 154 valence electrons. The minimum Gasteiger partial charge on any atom is -0.466 e. The number of benzene rings is 1. The van der Waals surface area contributed by atoms with Gasteiger partial charge in [0.1, 0.15) is 6.04 Å². The fraction of sp³-hybridized carbons (Fsp3) is 0.500. The van der Waals surface area contributed by atoms with E-state index in [1.54, 1.807) is 36.1 Å². The lowest BCUT2D eigenvalue weighted by atomic mass is 9.96. The van der Waals surface area contributed by atoms with E-state index in [1.807, 2.05) is 0 Å². The first-order chi connectivity index (χ1) is 14.0. The maximum atomic E-state index is 12.3. The highest BCUT2D eigenvalue weighted by Crippen LogP contribution is 2.29. The minimum absolute atomic E-state index is 0.00596. The number of likely N-dealkylation sites (tertiary alicyclic amines) is 1. The van der Waals surface area contributed by atoms with Crippen LogP contribution in [0, 0.1) is 5.92 Å². The second kappa shape index (κ2) is 9.40. The van der Waals surface area contributed by atoms with Gasteiger partial charge >= 0.3 is 5.97 Å². The lowest BCUT2D eigenvalue weighted by molar-refractivity contribution is -0.151. The van der Waals surface area contributed by atoms with E-state index in [-0.39, 0.29) is 36.7 Å². The molecular weight excluding hydrogens is 376 g/mol. The molecule has 1 fully saturated rings. The average molecular weight is 400 g/mol. The zero-order valence-corrected chi connectivity index (χ0v) is 16.3. The van der Waals surface area contributed by atoms with Gasteiger partial charge in [-0.15, -0.1) is 5.11 Å². The van der Waals surface area contributed by atoms with Crippen molar-refractivity contribution < 1.29 is 23.9 Å². The summed E-state index contributed by atoms with van der Waals surface area (Å²) in [6.07, 6.45) is 1.13. The number of rotatable bonds is 6. The van der Waals surface area contributed by atoms with Crippen molar-refractivity contribution in [3.63, 3.8) is 0 Å². The van der Waals surface area contributed by atoms with Gasteiger partial charge in [0.25, 0.3) is 5.91 Å². The molecule has 0 bridgehead atoms. The molecule has 9 nitrogen and oxygen atoms in total. The number of fused-ring (bicyclic) bond motifs is 1. The molecule has 2 heterocycles. The molecule has 0 aliphatic carbocycles. The standard InChI is InChI=1S/C20H24N4O5/c1-2-29-20(28)13-7-9-24(10-8-13)18(26)12-21-17(25)11-16-14-5-3-4-6-15(14)19(27)23-22-16/h3-6,13,16H,2,7-12H2,1H3,(H,21,25). The molecule has 29 heavy (non-hydrogen) atoms. The Morgan fingerprint density at radius 1 is 1.21 bits per heavy atom. The van der Waals surface area contributed by atoms with Crippen LogP contribution in [-0.4, -0.2) is 54.8 Å². The molecule has 3 rings (SSSR count). The van der Waals surface area contributed by atoms with Crippen LogP contribution in [0.2, 0.25) is 0 Å². The average Bonchev–Trinajstić information content (AvgIpc) is 2.74. The van der Waals surface area contributed by atoms with Gasteiger partial charge in [-0.1, -0.05) is 18.2 Å². The van der Waals surface area contributed by atoms with Crippen LogP contribution >= 0.6 is 0 Å². The Kier molecular flexibility index (Phi) is 6.69. The molecule has 0 spiro atoms. The first-order valence-corrected chi connectivity index (χ1v) is 9.74. The third kappa shape index (κ3) is 5.04. The maximum Gasteiger partial charge on any atom is 0.309 e. The fourth-order valence-electron chi connectivity index (χ4n) is 3.53. The SMILES string of the molecule is CCOC(=O)C1CCN(C(=O)CNC(=O)CC2N=NC(=O)c3ccccc32)CC1. The zero-order valence-electron chi connectivity index (χ0n) is 16.3. The Hall–Kier alpha value is -3.10. The number of esters is 1. The molecule has 1 aromatic rings. The van der Waals surface area contributed by atoms with Crippen molar-refractivity contribution in [3.05, 3.63) is 35.4 Å². The Bertz CT molecular complexity index is 830. The molecule has 1 atom stereocenters. The van der Waals surface area contributed by atoms with Crippen molar-refractivity contribution in [2.24, 2.45) is 16.1 Å². The van der Waals surface area contributed by atoms with Gasteiger partial charge in [0.2, 0.25) is 11.8 Å². The molecule has 2 aliphatic heterocycles. The van der Waals surface area contributed by atoms with Crippen molar-refractivity contribution >= 4 is 23.7 Å². The summed E-state index contributed by atoms with van der Waals surface area (Å²) in [6, 6.07) is 6.38. The van der Waals surface area contributed by atoms with E-state index < -0.39 is 11.9 Å². The van der Waals surface area contributed by atoms with Gasteiger partial charge in [-0.25, -0.2) is 0 Å². The van der Waals surface area contributed by atoms with Crippen LogP contribution in [0.25, 0.3) is 0 Å². The van der Waals surface area contributed by atoms with Gasteiger partial charge in [0, 0.05) is 18.7 Å². The molecule has 1 unspecified atom stereocenters. The molecule has 0 aromatic heterocycles. The van der Waals surface area contributed by atoms with E-state index in [0.717, 1.165) is 0 Å². The van der Waals surface area contributed by atoms with Gasteiger partial charge in [-0.05, 0) is 31.4 Å². The summed E-state index contributed by atoms with van der Waals surface area (Å²) < 4.78 is 5.02. The topological polar surface area (TPSA) is 118 Å². The Labute approximate surface area is 168 Å². The highest BCUT2D eigenvalue weighted by molar-refractivity contribution is 5.97. The highest BCUT2D eigenvalue weighted by Gasteiger charge is 2.29. The smallest absolute Gasteiger partial charge is 0.309 e. The predicted molar refractivity (Wildman–Crippen MR) is 102 cm³/mol. The number of nitrogens with one attached hydrogen (secondary N) is 1. The third-order valence-electron chi connectivity index (χ3n) is 5.12. The lowest BCUT2D eigenvalue weighted by Gasteiger charge is -2.31. The summed E-state index contributed by atoms with van der Waals surface area (Å²) in [5.74, 6) is -1.34. The molecule has 1 saturated heterocycles. The molecule has 2 aliphatic rings. The van der Waals surface area contributed by atoms with Gasteiger partial charge in [0.15, 0.2) is 0 Å². The summed E-state index contributed by atoms with van der Waals surface area (Å²) >= 11 is 0. The summed E-state index contributed by atoms with van der Waals surface area (Å²) in [5, 5.41) is 10.1. The van der Waals surface area contributed by atoms with Gasteiger partial charge in [-0.3, -0.25) is 19.2 Å². The number of nitrogens with zero attached hydrogens (tertiary/aromatic N) is 3. The number of hydrogen-bond acceptors (Lipinski definition) is 6. The summed E-state index contributed by atoms with van der Waals surface area (Å²) in [6.45, 7) is 2.93. The van der Waals surface area contributed by atoms with E-state index in [2.05, 4.69) is 15.5 Å². The Morgan fingerprint density at radius 3 is 2.66 bits per heavy atom. The lowest BCUT2D eigenvalue weighted by Crippen LogP contribution is -2.45. The molecule has 0 radical (unpaired) electrons. The highest BCUT2D eigenvalue weighted by atomic mass is 16.5. The molecule has 1 N–H and O–H groups in total. The molecule has 3 amide bonds. The van der Waals surface area contributed by atoms with E-state index in [9.17, 15) is 19.2 Å². The first-order valence-electron chi connectivity index (χ1n) is 9.74. The van der Waals surface area contributed by atoms with Crippen molar-refractivity contribution in [1.82, 2.24) is 10.2 Å². The van der Waals surface area contributed by atoms with E-state index >= 15 is 0 Å². The van der Waals surface area contributed by atoms with Crippen LogP contribution < -0.4 is 5.32 Å². The second-order valence-corrected chi connectivity index (χ2v) is 7.01. The molecule has 9 heteroatoms. The van der Waals surface area contributed by atoms with Gasteiger partial charge in [0.05, 0.1) is 25.5 Å². The van der Waals surface area contributed by atoms with Crippen LogP contribution in [0.1, 0.15) is 48.1 Å². The number of azo groups is 1. The van der Waals surface area contributed by atoms with Crippen molar-refractivity contribution in [1.29, 1.82) is 0 Å². The normalized spacial score (nSPS) is 18.9. The number of carbonyl (C=O) groups excluding carboxylic acids is 4. The van der Waals surface area contributed by atoms with Crippen molar-refractivity contribution in [3.8, 4) is 0 Å². The van der Waals surface area contributed by atoms with Crippen LogP contribution in [0.5, 0.6) is 0 Å². The Morgan fingerprint density at radius 2 is 1.93 bits per heavy atom. The Balaban J connectivity index is 1.45. The predicted octanol–water partition coefficient (Wildman–Crippen LogP) is 1.64. The first kappa shape index (κ1) is 20.6. The van der Waals surface area contributed by atoms with Crippen molar-refractivity contribution in [2.75, 3.05) is 26.2 Å². The number of hydrogen-bond donors (Lipinski definition) is 1. The zero-order chi connectivity index (χ0) is 20.8. The van der Waals surface area contributed by atoms with Crippen LogP contribution in [0.15, 0.2) is 34.5 Å². The summed E-state index contributed by atoms with van der Waals surface area (Å²) in [4.78, 5) is 49.8. The summed E-state index contributed by atoms with van der Waals surface area (Å²) in [5.41, 5.74) is 1.11. The number of ether oxygens (including phenoxy) is 1. The van der Waals surface area contributed by atoms with Crippen LogP contribution in [0.3, 0.4) is 0 Å². The van der Waals surface area contributed by atoms with Crippen LogP contribution in [-0.2, 0) is 19.1 Å². The fourth-order valence-corrected chi connectivity index (χ4v) is 3.53. The third-order valence-corrected chi connectivity index (χ3v) is 5.12. The number of piperidine rings is 1. The monoisotopic (exact) mass is 400 g/mol. The molecular formula is C20H24N4O5. The second-order valence-electron chi connectivity index (χ2n) is 7.01.